The van der Waals surface area contributed by atoms with Gasteiger partial charge in [0, 0.05) is 18.3 Å². The second-order valence-electron chi connectivity index (χ2n) is 3.73. The van der Waals surface area contributed by atoms with E-state index in [1.807, 2.05) is 24.3 Å². The van der Waals surface area contributed by atoms with Crippen molar-refractivity contribution in [3.05, 3.63) is 47.5 Å². The maximum Gasteiger partial charge on any atom is 0.214 e. The highest BCUT2D eigenvalue weighted by atomic mass is 16.5. The molecule has 90 valence electrons. The molecule has 2 aromatic heterocycles. The molecule has 0 aliphatic carbocycles. The van der Waals surface area contributed by atoms with Gasteiger partial charge in [-0.15, -0.1) is 0 Å². The fraction of sp³-hybridized carbons (Fsp3) is 0.308. The minimum Gasteiger partial charge on any atom is -0.469 e. The fourth-order valence-electron chi connectivity index (χ4n) is 1.53. The Balaban J connectivity index is 2.09. The Hall–Kier alpha value is -1.81. The van der Waals surface area contributed by atoms with E-state index in [0.717, 1.165) is 23.4 Å². The van der Waals surface area contributed by atoms with Crippen molar-refractivity contribution in [2.45, 2.75) is 26.5 Å². The van der Waals surface area contributed by atoms with Crippen LogP contribution in [0.2, 0.25) is 0 Å². The molecule has 2 N–H and O–H groups in total. The van der Waals surface area contributed by atoms with E-state index in [9.17, 15) is 0 Å². The summed E-state index contributed by atoms with van der Waals surface area (Å²) in [4.78, 5) is 4.38. The molecular weight excluding hydrogens is 216 g/mol. The molecule has 0 unspecified atom stereocenters. The van der Waals surface area contributed by atoms with Gasteiger partial charge in [-0.1, -0.05) is 6.92 Å². The largest absolute Gasteiger partial charge is 0.469 e. The summed E-state index contributed by atoms with van der Waals surface area (Å²) in [5, 5.41) is 0. The first kappa shape index (κ1) is 11.7. The van der Waals surface area contributed by atoms with Crippen molar-refractivity contribution in [2.24, 2.45) is 5.73 Å². The van der Waals surface area contributed by atoms with E-state index in [1.165, 1.54) is 0 Å². The quantitative estimate of drug-likeness (QED) is 0.859. The van der Waals surface area contributed by atoms with Crippen LogP contribution in [0.4, 0.5) is 0 Å². The lowest BCUT2D eigenvalue weighted by molar-refractivity contribution is 0.259. The van der Waals surface area contributed by atoms with Gasteiger partial charge in [-0.25, -0.2) is 4.98 Å². The number of pyridine rings is 1. The maximum absolute atomic E-state index is 5.63. The third-order valence-corrected chi connectivity index (χ3v) is 2.46. The van der Waals surface area contributed by atoms with Crippen molar-refractivity contribution in [3.8, 4) is 5.88 Å². The highest BCUT2D eigenvalue weighted by Crippen LogP contribution is 2.14. The summed E-state index contributed by atoms with van der Waals surface area (Å²) < 4.78 is 10.8. The Bertz CT molecular complexity index is 444. The van der Waals surface area contributed by atoms with E-state index in [0.29, 0.717) is 19.0 Å². The Morgan fingerprint density at radius 1 is 1.41 bits per heavy atom. The van der Waals surface area contributed by atoms with E-state index < -0.39 is 0 Å². The summed E-state index contributed by atoms with van der Waals surface area (Å²) in [6.07, 6.45) is 2.49. The van der Waals surface area contributed by atoms with Crippen LogP contribution in [0.5, 0.6) is 5.88 Å². The van der Waals surface area contributed by atoms with Crippen LogP contribution in [-0.2, 0) is 19.6 Å². The van der Waals surface area contributed by atoms with E-state index in [1.54, 1.807) is 6.26 Å². The van der Waals surface area contributed by atoms with E-state index in [-0.39, 0.29) is 0 Å². The number of aromatic nitrogens is 1. The number of nitrogens with zero attached hydrogens (tertiary/aromatic N) is 1. The molecule has 4 nitrogen and oxygen atoms in total. The number of nitrogens with two attached hydrogens (primary N) is 1. The van der Waals surface area contributed by atoms with E-state index in [2.05, 4.69) is 11.9 Å². The molecule has 0 aliphatic heterocycles. The first-order chi connectivity index (χ1) is 8.31. The molecule has 0 saturated heterocycles. The van der Waals surface area contributed by atoms with Crippen LogP contribution in [0.15, 0.2) is 34.9 Å². The molecule has 0 bridgehead atoms. The predicted octanol–water partition coefficient (Wildman–Crippen LogP) is 2.27. The molecule has 0 amide bonds. The van der Waals surface area contributed by atoms with Crippen LogP contribution in [0.1, 0.15) is 23.9 Å². The van der Waals surface area contributed by atoms with Crippen molar-refractivity contribution >= 4 is 0 Å². The maximum atomic E-state index is 5.63. The average molecular weight is 232 g/mol. The Morgan fingerprint density at radius 3 is 2.94 bits per heavy atom. The molecule has 4 heteroatoms. The summed E-state index contributed by atoms with van der Waals surface area (Å²) in [5.41, 5.74) is 7.65. The molecule has 0 aromatic carbocycles. The van der Waals surface area contributed by atoms with Gasteiger partial charge in [-0.2, -0.15) is 0 Å². The smallest absolute Gasteiger partial charge is 0.214 e. The summed E-state index contributed by atoms with van der Waals surface area (Å²) in [6.45, 7) is 2.93. The Morgan fingerprint density at radius 2 is 2.29 bits per heavy atom. The van der Waals surface area contributed by atoms with Crippen molar-refractivity contribution in [3.63, 3.8) is 0 Å². The molecule has 0 fully saturated rings. The molecule has 0 spiro atoms. The van der Waals surface area contributed by atoms with Crippen molar-refractivity contribution in [1.29, 1.82) is 0 Å². The number of rotatable bonds is 5. The van der Waals surface area contributed by atoms with Gasteiger partial charge < -0.3 is 14.9 Å². The molecule has 2 rings (SSSR count). The van der Waals surface area contributed by atoms with Gasteiger partial charge in [-0.3, -0.25) is 0 Å². The topological polar surface area (TPSA) is 61.3 Å². The molecule has 0 saturated carbocycles. The predicted molar refractivity (Wildman–Crippen MR) is 64.5 cm³/mol. The first-order valence-electron chi connectivity index (χ1n) is 5.67. The summed E-state index contributed by atoms with van der Waals surface area (Å²) >= 11 is 0. The fourth-order valence-corrected chi connectivity index (χ4v) is 1.53. The standard InChI is InChI=1S/C13H16N2O2/c1-2-11-6-10(8-14)7-13(15-11)17-9-12-4-3-5-16-12/h3-7H,2,8-9,14H2,1H3. The molecule has 0 radical (unpaired) electrons. The van der Waals surface area contributed by atoms with Crippen LogP contribution in [0.25, 0.3) is 0 Å². The van der Waals surface area contributed by atoms with Gasteiger partial charge in [0.05, 0.1) is 6.26 Å². The minimum atomic E-state index is 0.386. The van der Waals surface area contributed by atoms with Gasteiger partial charge >= 0.3 is 0 Å². The Labute approximate surface area is 100 Å². The van der Waals surface area contributed by atoms with Crippen molar-refractivity contribution in [2.75, 3.05) is 0 Å². The average Bonchev–Trinajstić information content (AvgIpc) is 2.89. The number of hydrogen-bond acceptors (Lipinski definition) is 4. The number of aryl methyl sites for hydroxylation is 1. The second kappa shape index (κ2) is 5.50. The summed E-state index contributed by atoms with van der Waals surface area (Å²) in [7, 11) is 0. The third-order valence-electron chi connectivity index (χ3n) is 2.46. The summed E-state index contributed by atoms with van der Waals surface area (Å²) in [5.74, 6) is 1.38. The molecule has 0 atom stereocenters. The van der Waals surface area contributed by atoms with Crippen LogP contribution < -0.4 is 10.5 Å². The van der Waals surface area contributed by atoms with E-state index >= 15 is 0 Å². The molecular formula is C13H16N2O2. The highest BCUT2D eigenvalue weighted by Gasteiger charge is 2.03. The van der Waals surface area contributed by atoms with Crippen LogP contribution in [-0.4, -0.2) is 4.98 Å². The van der Waals surface area contributed by atoms with Gasteiger partial charge in [0.25, 0.3) is 0 Å². The summed E-state index contributed by atoms with van der Waals surface area (Å²) in [6, 6.07) is 7.56. The zero-order chi connectivity index (χ0) is 12.1. The van der Waals surface area contributed by atoms with Crippen LogP contribution in [0, 0.1) is 0 Å². The monoisotopic (exact) mass is 232 g/mol. The van der Waals surface area contributed by atoms with Gasteiger partial charge in [0.2, 0.25) is 5.88 Å². The zero-order valence-electron chi connectivity index (χ0n) is 9.85. The second-order valence-corrected chi connectivity index (χ2v) is 3.73. The molecule has 17 heavy (non-hydrogen) atoms. The minimum absolute atomic E-state index is 0.386. The molecule has 2 heterocycles. The highest BCUT2D eigenvalue weighted by molar-refractivity contribution is 5.25. The molecule has 2 aromatic rings. The van der Waals surface area contributed by atoms with Gasteiger partial charge in [0.15, 0.2) is 0 Å². The van der Waals surface area contributed by atoms with Gasteiger partial charge in [-0.05, 0) is 30.2 Å². The SMILES string of the molecule is CCc1cc(CN)cc(OCc2ccco2)n1. The lowest BCUT2D eigenvalue weighted by atomic mass is 10.2. The lowest BCUT2D eigenvalue weighted by Crippen LogP contribution is -2.03. The zero-order valence-corrected chi connectivity index (χ0v) is 9.85. The van der Waals surface area contributed by atoms with Crippen LogP contribution >= 0.6 is 0 Å². The van der Waals surface area contributed by atoms with E-state index in [4.69, 9.17) is 14.9 Å². The Kier molecular flexibility index (Phi) is 3.77. The van der Waals surface area contributed by atoms with Crippen molar-refractivity contribution in [1.82, 2.24) is 4.98 Å². The number of furan rings is 1. The normalized spacial score (nSPS) is 10.5. The number of hydrogen-bond donors (Lipinski definition) is 1. The van der Waals surface area contributed by atoms with Crippen LogP contribution in [0.3, 0.4) is 0 Å². The van der Waals surface area contributed by atoms with Crippen molar-refractivity contribution < 1.29 is 9.15 Å². The lowest BCUT2D eigenvalue weighted by Gasteiger charge is -2.07. The van der Waals surface area contributed by atoms with Gasteiger partial charge in [0.1, 0.15) is 12.4 Å². The third kappa shape index (κ3) is 3.07. The first-order valence-corrected chi connectivity index (χ1v) is 5.67. The number of ether oxygens (including phenoxy) is 1. The molecule has 0 aliphatic rings.